The van der Waals surface area contributed by atoms with E-state index in [9.17, 15) is 4.79 Å². The molecule has 0 radical (unpaired) electrons. The van der Waals surface area contributed by atoms with Gasteiger partial charge in [0.15, 0.2) is 0 Å². The average molecular weight is 344 g/mol. The lowest BCUT2D eigenvalue weighted by atomic mass is 9.84. The average Bonchev–Trinajstić information content (AvgIpc) is 3.02. The Morgan fingerprint density at radius 3 is 2.79 bits per heavy atom. The molecule has 0 N–H and O–H groups in total. The van der Waals surface area contributed by atoms with E-state index in [1.54, 1.807) is 17.7 Å². The third-order valence-corrected chi connectivity index (χ3v) is 6.34. The molecule has 4 rings (SSSR count). The molecule has 0 unspecified atom stereocenters. The van der Waals surface area contributed by atoms with Gasteiger partial charge in [0.1, 0.15) is 17.0 Å². The summed E-state index contributed by atoms with van der Waals surface area (Å²) in [6, 6.07) is 2.12. The highest BCUT2D eigenvalue weighted by molar-refractivity contribution is 7.16. The summed E-state index contributed by atoms with van der Waals surface area (Å²) in [5.41, 5.74) is 0. The Hall–Kier alpha value is -1.69. The van der Waals surface area contributed by atoms with Crippen LogP contribution in [0.25, 0.3) is 10.2 Å². The number of aromatic nitrogens is 2. The zero-order chi connectivity index (χ0) is 16.5. The van der Waals surface area contributed by atoms with Crippen LogP contribution in [0.3, 0.4) is 0 Å². The highest BCUT2D eigenvalue weighted by Crippen LogP contribution is 2.31. The van der Waals surface area contributed by atoms with E-state index < -0.39 is 0 Å². The van der Waals surface area contributed by atoms with Crippen molar-refractivity contribution in [1.82, 2.24) is 14.9 Å². The molecule has 6 heteroatoms. The Balaban J connectivity index is 1.35. The fraction of sp³-hybridized carbons (Fsp3) is 0.611. The molecule has 2 fully saturated rings. The number of anilines is 1. The number of carbonyl (C=O) groups excluding carboxylic acids is 1. The molecule has 0 spiro atoms. The first-order valence-corrected chi connectivity index (χ1v) is 9.78. The molecule has 1 saturated heterocycles. The molecule has 2 aliphatic rings. The lowest BCUT2D eigenvalue weighted by Gasteiger charge is -2.36. The molecule has 1 amide bonds. The van der Waals surface area contributed by atoms with Crippen molar-refractivity contribution in [1.29, 1.82) is 0 Å². The number of fused-ring (bicyclic) bond motifs is 1. The van der Waals surface area contributed by atoms with Crippen molar-refractivity contribution < 1.29 is 4.79 Å². The number of thiophene rings is 1. The van der Waals surface area contributed by atoms with Gasteiger partial charge in [0, 0.05) is 32.6 Å². The highest BCUT2D eigenvalue weighted by Gasteiger charge is 2.30. The van der Waals surface area contributed by atoms with Gasteiger partial charge in [-0.2, -0.15) is 0 Å². The minimum absolute atomic E-state index is 0.308. The van der Waals surface area contributed by atoms with Gasteiger partial charge in [-0.1, -0.05) is 6.42 Å². The summed E-state index contributed by atoms with van der Waals surface area (Å²) in [5.74, 6) is 2.34. The molecular weight excluding hydrogens is 320 g/mol. The van der Waals surface area contributed by atoms with Crippen molar-refractivity contribution in [3.8, 4) is 0 Å². The largest absolute Gasteiger partial charge is 0.356 e. The molecule has 2 aromatic heterocycles. The second kappa shape index (κ2) is 6.67. The maximum atomic E-state index is 12.3. The van der Waals surface area contributed by atoms with Crippen LogP contribution >= 0.6 is 11.3 Å². The minimum atomic E-state index is 0.308. The van der Waals surface area contributed by atoms with Gasteiger partial charge in [-0.15, -0.1) is 11.3 Å². The lowest BCUT2D eigenvalue weighted by Crippen LogP contribution is -2.42. The summed E-state index contributed by atoms with van der Waals surface area (Å²) in [6.07, 6.45) is 7.32. The molecule has 128 valence electrons. The van der Waals surface area contributed by atoms with E-state index in [2.05, 4.69) is 26.3 Å². The zero-order valence-corrected chi connectivity index (χ0v) is 15.0. The monoisotopic (exact) mass is 344 g/mol. The van der Waals surface area contributed by atoms with Gasteiger partial charge in [0.2, 0.25) is 5.91 Å². The van der Waals surface area contributed by atoms with Gasteiger partial charge in [0.05, 0.1) is 5.39 Å². The molecule has 0 atom stereocenters. The number of amides is 1. The number of hydrogen-bond acceptors (Lipinski definition) is 5. The van der Waals surface area contributed by atoms with Crippen LogP contribution in [0.5, 0.6) is 0 Å². The maximum Gasteiger partial charge on any atom is 0.225 e. The second-order valence-corrected chi connectivity index (χ2v) is 8.01. The van der Waals surface area contributed by atoms with Gasteiger partial charge in [-0.05, 0) is 43.0 Å². The molecule has 1 saturated carbocycles. The maximum absolute atomic E-state index is 12.3. The smallest absolute Gasteiger partial charge is 0.225 e. The first kappa shape index (κ1) is 15.8. The summed E-state index contributed by atoms with van der Waals surface area (Å²) in [5, 5.41) is 3.25. The summed E-state index contributed by atoms with van der Waals surface area (Å²) in [7, 11) is 1.98. The van der Waals surface area contributed by atoms with Crippen LogP contribution in [-0.4, -0.2) is 47.5 Å². The molecule has 2 aromatic rings. The lowest BCUT2D eigenvalue weighted by molar-refractivity contribution is -0.137. The Morgan fingerprint density at radius 1 is 1.29 bits per heavy atom. The normalized spacial score (nSPS) is 19.5. The van der Waals surface area contributed by atoms with Crippen molar-refractivity contribution in [3.05, 3.63) is 17.8 Å². The quantitative estimate of drug-likeness (QED) is 0.855. The van der Waals surface area contributed by atoms with E-state index in [0.717, 1.165) is 56.0 Å². The van der Waals surface area contributed by atoms with E-state index in [0.29, 0.717) is 17.7 Å². The van der Waals surface area contributed by atoms with Crippen molar-refractivity contribution in [3.63, 3.8) is 0 Å². The molecular formula is C18H24N4OS. The third-order valence-electron chi connectivity index (χ3n) is 5.52. The van der Waals surface area contributed by atoms with Gasteiger partial charge in [-0.25, -0.2) is 9.97 Å². The van der Waals surface area contributed by atoms with Gasteiger partial charge >= 0.3 is 0 Å². The first-order valence-electron chi connectivity index (χ1n) is 8.90. The molecule has 3 heterocycles. The van der Waals surface area contributed by atoms with Crippen LogP contribution in [0.15, 0.2) is 17.8 Å². The first-order chi connectivity index (χ1) is 11.7. The predicted octanol–water partition coefficient (Wildman–Crippen LogP) is 3.17. The van der Waals surface area contributed by atoms with E-state index in [1.165, 1.54) is 11.8 Å². The van der Waals surface area contributed by atoms with Crippen LogP contribution in [0.1, 0.15) is 32.1 Å². The van der Waals surface area contributed by atoms with Crippen LogP contribution in [0.4, 0.5) is 5.82 Å². The number of rotatable bonds is 4. The Labute approximate surface area is 146 Å². The van der Waals surface area contributed by atoms with Crippen molar-refractivity contribution in [2.45, 2.75) is 32.1 Å². The van der Waals surface area contributed by atoms with Crippen LogP contribution in [-0.2, 0) is 4.79 Å². The predicted molar refractivity (Wildman–Crippen MR) is 97.3 cm³/mol. The number of carbonyl (C=O) groups is 1. The second-order valence-electron chi connectivity index (χ2n) is 7.11. The molecule has 0 aromatic carbocycles. The topological polar surface area (TPSA) is 49.3 Å². The van der Waals surface area contributed by atoms with Crippen molar-refractivity contribution in [2.24, 2.45) is 11.8 Å². The van der Waals surface area contributed by atoms with Crippen molar-refractivity contribution in [2.75, 3.05) is 31.6 Å². The zero-order valence-electron chi connectivity index (χ0n) is 14.1. The van der Waals surface area contributed by atoms with Gasteiger partial charge in [-0.3, -0.25) is 4.79 Å². The number of hydrogen-bond donors (Lipinski definition) is 0. The fourth-order valence-corrected chi connectivity index (χ4v) is 4.53. The molecule has 5 nitrogen and oxygen atoms in total. The van der Waals surface area contributed by atoms with E-state index in [-0.39, 0.29) is 0 Å². The van der Waals surface area contributed by atoms with E-state index >= 15 is 0 Å². The number of piperidine rings is 1. The number of nitrogens with zero attached hydrogens (tertiary/aromatic N) is 4. The SMILES string of the molecule is CN(CC1CCN(c2ncnc3sccc23)CC1)C(=O)C1CCC1. The summed E-state index contributed by atoms with van der Waals surface area (Å²) < 4.78 is 0. The Kier molecular flexibility index (Phi) is 4.39. The van der Waals surface area contributed by atoms with E-state index in [1.807, 2.05) is 11.9 Å². The van der Waals surface area contributed by atoms with Crippen LogP contribution in [0.2, 0.25) is 0 Å². The third kappa shape index (κ3) is 2.99. The summed E-state index contributed by atoms with van der Waals surface area (Å²) in [4.78, 5) is 26.6. The molecule has 24 heavy (non-hydrogen) atoms. The summed E-state index contributed by atoms with van der Waals surface area (Å²) in [6.45, 7) is 2.93. The van der Waals surface area contributed by atoms with Crippen LogP contribution in [0, 0.1) is 11.8 Å². The van der Waals surface area contributed by atoms with Gasteiger partial charge in [0.25, 0.3) is 0 Å². The standard InChI is InChI=1S/C18H24N4OS/c1-21(18(23)14-3-2-4-14)11-13-5-8-22(9-6-13)16-15-7-10-24-17(15)20-12-19-16/h7,10,12-14H,2-6,8-9,11H2,1H3. The fourth-order valence-electron chi connectivity index (χ4n) is 3.80. The van der Waals surface area contributed by atoms with E-state index in [4.69, 9.17) is 0 Å². The Bertz CT molecular complexity index is 719. The minimum Gasteiger partial charge on any atom is -0.356 e. The van der Waals surface area contributed by atoms with Gasteiger partial charge < -0.3 is 9.80 Å². The molecule has 0 bridgehead atoms. The van der Waals surface area contributed by atoms with Crippen LogP contribution < -0.4 is 4.90 Å². The summed E-state index contributed by atoms with van der Waals surface area (Å²) >= 11 is 1.67. The van der Waals surface area contributed by atoms with Crippen molar-refractivity contribution >= 4 is 33.3 Å². The molecule has 1 aliphatic heterocycles. The highest BCUT2D eigenvalue weighted by atomic mass is 32.1. The molecule has 1 aliphatic carbocycles. The Morgan fingerprint density at radius 2 is 2.08 bits per heavy atom.